The lowest BCUT2D eigenvalue weighted by Gasteiger charge is -2.29. The molecule has 1 aliphatic heterocycles. The summed E-state index contributed by atoms with van der Waals surface area (Å²) in [5.41, 5.74) is 11.0. The molecule has 4 N–H and O–H groups in total. The zero-order valence-electron chi connectivity index (χ0n) is 14.4. The molecule has 3 aromatic heterocycles. The van der Waals surface area contributed by atoms with Crippen LogP contribution in [-0.2, 0) is 0 Å². The van der Waals surface area contributed by atoms with Gasteiger partial charge in [0.05, 0.1) is 18.1 Å². The minimum atomic E-state index is 0.334. The zero-order chi connectivity index (χ0) is 17.4. The van der Waals surface area contributed by atoms with E-state index < -0.39 is 0 Å². The smallest absolute Gasteiger partial charge is 0.165 e. The number of nitrogen functional groups attached to an aromatic ring is 1. The highest BCUT2D eigenvalue weighted by molar-refractivity contribution is 5.87. The van der Waals surface area contributed by atoms with Gasteiger partial charge in [-0.15, -0.1) is 0 Å². The van der Waals surface area contributed by atoms with Crippen LogP contribution in [0.3, 0.4) is 0 Å². The summed E-state index contributed by atoms with van der Waals surface area (Å²) >= 11 is 0. The number of nitrogens with two attached hydrogens (primary N) is 1. The minimum Gasteiger partial charge on any atom is -0.384 e. The number of hydrogen-bond acceptors (Lipinski definition) is 6. The Morgan fingerprint density at radius 1 is 1.36 bits per heavy atom. The predicted octanol–water partition coefficient (Wildman–Crippen LogP) is 1.63. The van der Waals surface area contributed by atoms with E-state index in [1.807, 2.05) is 19.3 Å². The topological polar surface area (TPSA) is 109 Å². The van der Waals surface area contributed by atoms with Crippen LogP contribution in [0.15, 0.2) is 29.6 Å². The Balaban J connectivity index is 1.66. The van der Waals surface area contributed by atoms with Crippen molar-refractivity contribution in [3.8, 4) is 11.1 Å². The summed E-state index contributed by atoms with van der Waals surface area (Å²) < 4.78 is 1.68. The van der Waals surface area contributed by atoms with Crippen LogP contribution in [0.4, 0.5) is 5.82 Å². The predicted molar refractivity (Wildman–Crippen MR) is 97.8 cm³/mol. The SMILES string of the molecule is CN=C(C)C1CCC(c2cc(N)n3ncc(-c4cn[nH]c4)c3n2)CN1. The van der Waals surface area contributed by atoms with E-state index in [4.69, 9.17) is 10.7 Å². The molecule has 1 saturated heterocycles. The molecule has 2 atom stereocenters. The highest BCUT2D eigenvalue weighted by Gasteiger charge is 2.25. The molecular weight excluding hydrogens is 316 g/mol. The summed E-state index contributed by atoms with van der Waals surface area (Å²) in [6, 6.07) is 2.30. The molecule has 130 valence electrons. The van der Waals surface area contributed by atoms with Crippen LogP contribution in [0.2, 0.25) is 0 Å². The highest BCUT2D eigenvalue weighted by Crippen LogP contribution is 2.29. The van der Waals surface area contributed by atoms with Crippen molar-refractivity contribution >= 4 is 17.2 Å². The minimum absolute atomic E-state index is 0.334. The number of anilines is 1. The van der Waals surface area contributed by atoms with Gasteiger partial charge in [-0.3, -0.25) is 10.1 Å². The van der Waals surface area contributed by atoms with E-state index in [9.17, 15) is 0 Å². The van der Waals surface area contributed by atoms with E-state index >= 15 is 0 Å². The summed E-state index contributed by atoms with van der Waals surface area (Å²) in [7, 11) is 1.84. The van der Waals surface area contributed by atoms with E-state index in [1.165, 1.54) is 0 Å². The fourth-order valence-electron chi connectivity index (χ4n) is 3.44. The Kier molecular flexibility index (Phi) is 3.96. The molecule has 1 aliphatic rings. The molecule has 0 amide bonds. The van der Waals surface area contributed by atoms with Crippen molar-refractivity contribution < 1.29 is 0 Å². The Labute approximate surface area is 145 Å². The molecule has 0 saturated carbocycles. The molecule has 8 heteroatoms. The van der Waals surface area contributed by atoms with Gasteiger partial charge in [-0.05, 0) is 19.8 Å². The molecule has 0 spiro atoms. The van der Waals surface area contributed by atoms with E-state index in [1.54, 1.807) is 16.9 Å². The molecule has 8 nitrogen and oxygen atoms in total. The number of hydrogen-bond donors (Lipinski definition) is 3. The van der Waals surface area contributed by atoms with Gasteiger partial charge in [0, 0.05) is 54.7 Å². The zero-order valence-corrected chi connectivity index (χ0v) is 14.4. The average Bonchev–Trinajstić information content (AvgIpc) is 3.30. The Bertz CT molecular complexity index is 900. The maximum Gasteiger partial charge on any atom is 0.165 e. The van der Waals surface area contributed by atoms with Gasteiger partial charge < -0.3 is 11.1 Å². The Morgan fingerprint density at radius 2 is 2.24 bits per heavy atom. The van der Waals surface area contributed by atoms with Gasteiger partial charge in [-0.25, -0.2) is 4.98 Å². The molecule has 4 rings (SSSR count). The number of aliphatic imine (C=N–C) groups is 1. The number of aromatic amines is 1. The first-order valence-corrected chi connectivity index (χ1v) is 8.47. The molecule has 0 bridgehead atoms. The maximum absolute atomic E-state index is 6.22. The molecule has 2 unspecified atom stereocenters. The van der Waals surface area contributed by atoms with Crippen molar-refractivity contribution in [3.05, 3.63) is 30.4 Å². The first-order chi connectivity index (χ1) is 12.2. The van der Waals surface area contributed by atoms with Crippen LogP contribution in [0.5, 0.6) is 0 Å². The second-order valence-corrected chi connectivity index (χ2v) is 6.49. The fourth-order valence-corrected chi connectivity index (χ4v) is 3.44. The standard InChI is InChI=1S/C17H22N8/c1-10(19-2)14-4-3-11(6-20-14)15-5-16(18)25-17(24-15)13(9-23-25)12-7-21-22-8-12/h5,7-9,11,14,20H,3-4,6,18H2,1-2H3,(H,21,22). The molecule has 4 heterocycles. The quantitative estimate of drug-likeness (QED) is 0.629. The van der Waals surface area contributed by atoms with Crippen molar-refractivity contribution in [3.63, 3.8) is 0 Å². The first-order valence-electron chi connectivity index (χ1n) is 8.47. The van der Waals surface area contributed by atoms with Crippen LogP contribution in [0.1, 0.15) is 31.4 Å². The third kappa shape index (κ3) is 2.78. The number of aromatic nitrogens is 5. The van der Waals surface area contributed by atoms with E-state index in [2.05, 4.69) is 32.5 Å². The van der Waals surface area contributed by atoms with Gasteiger partial charge in [0.15, 0.2) is 5.65 Å². The second-order valence-electron chi connectivity index (χ2n) is 6.49. The Hall–Kier alpha value is -2.74. The molecule has 1 fully saturated rings. The number of H-pyrrole nitrogens is 1. The first kappa shape index (κ1) is 15.8. The van der Waals surface area contributed by atoms with Gasteiger partial charge in [0.25, 0.3) is 0 Å². The van der Waals surface area contributed by atoms with Gasteiger partial charge in [-0.2, -0.15) is 14.7 Å². The highest BCUT2D eigenvalue weighted by atomic mass is 15.3. The third-order valence-electron chi connectivity index (χ3n) is 5.02. The summed E-state index contributed by atoms with van der Waals surface area (Å²) in [5, 5.41) is 14.8. The lowest BCUT2D eigenvalue weighted by atomic mass is 9.90. The number of fused-ring (bicyclic) bond motifs is 1. The summed E-state index contributed by atoms with van der Waals surface area (Å²) in [5.74, 6) is 0.934. The van der Waals surface area contributed by atoms with Gasteiger partial charge in [0.2, 0.25) is 0 Å². The van der Waals surface area contributed by atoms with Crippen molar-refractivity contribution in [1.29, 1.82) is 0 Å². The number of nitrogens with one attached hydrogen (secondary N) is 2. The molecular formula is C17H22N8. The lowest BCUT2D eigenvalue weighted by molar-refractivity contribution is 0.416. The molecule has 25 heavy (non-hydrogen) atoms. The number of nitrogens with zero attached hydrogens (tertiary/aromatic N) is 5. The van der Waals surface area contributed by atoms with Crippen molar-refractivity contribution in [1.82, 2.24) is 30.1 Å². The average molecular weight is 338 g/mol. The van der Waals surface area contributed by atoms with Crippen molar-refractivity contribution in [2.45, 2.75) is 31.7 Å². The number of rotatable bonds is 3. The van der Waals surface area contributed by atoms with E-state index in [-0.39, 0.29) is 0 Å². The fraction of sp³-hybridized carbons (Fsp3) is 0.412. The van der Waals surface area contributed by atoms with Crippen molar-refractivity contribution in [2.24, 2.45) is 4.99 Å². The number of piperidine rings is 1. The second kappa shape index (κ2) is 6.29. The van der Waals surface area contributed by atoms with Crippen LogP contribution in [0.25, 0.3) is 16.8 Å². The molecule has 0 radical (unpaired) electrons. The summed E-state index contributed by atoms with van der Waals surface area (Å²) in [4.78, 5) is 9.17. The normalized spacial score (nSPS) is 21.8. The maximum atomic E-state index is 6.22. The van der Waals surface area contributed by atoms with Gasteiger partial charge >= 0.3 is 0 Å². The van der Waals surface area contributed by atoms with E-state index in [0.717, 1.165) is 47.6 Å². The lowest BCUT2D eigenvalue weighted by Crippen LogP contribution is -2.42. The Morgan fingerprint density at radius 3 is 2.92 bits per heavy atom. The van der Waals surface area contributed by atoms with E-state index in [0.29, 0.717) is 17.8 Å². The third-order valence-corrected chi connectivity index (χ3v) is 5.02. The van der Waals surface area contributed by atoms with Crippen LogP contribution < -0.4 is 11.1 Å². The van der Waals surface area contributed by atoms with Crippen molar-refractivity contribution in [2.75, 3.05) is 19.3 Å². The largest absolute Gasteiger partial charge is 0.384 e. The van der Waals surface area contributed by atoms with Crippen LogP contribution >= 0.6 is 0 Å². The summed E-state index contributed by atoms with van der Waals surface area (Å²) in [6.07, 6.45) is 7.49. The molecule has 0 aliphatic carbocycles. The van der Waals surface area contributed by atoms with Crippen LogP contribution in [-0.4, -0.2) is 50.1 Å². The monoisotopic (exact) mass is 338 g/mol. The van der Waals surface area contributed by atoms with Crippen LogP contribution in [0, 0.1) is 0 Å². The summed E-state index contributed by atoms with van der Waals surface area (Å²) in [6.45, 7) is 2.94. The molecule has 0 aromatic carbocycles. The van der Waals surface area contributed by atoms with Gasteiger partial charge in [0.1, 0.15) is 5.82 Å². The molecule has 3 aromatic rings. The van der Waals surface area contributed by atoms with Gasteiger partial charge in [-0.1, -0.05) is 0 Å².